The van der Waals surface area contributed by atoms with E-state index in [9.17, 15) is 19.2 Å². The summed E-state index contributed by atoms with van der Waals surface area (Å²) >= 11 is 0. The van der Waals surface area contributed by atoms with Gasteiger partial charge in [-0.2, -0.15) is 0 Å². The number of esters is 2. The number of hydrogen-bond acceptors (Lipinski definition) is 8. The molecule has 2 atom stereocenters. The van der Waals surface area contributed by atoms with E-state index in [1.165, 1.54) is 38.1 Å². The largest absolute Gasteiger partial charge is 0.444 e. The van der Waals surface area contributed by atoms with E-state index < -0.39 is 47.4 Å². The molecule has 0 saturated heterocycles. The minimum atomic E-state index is -0.942. The van der Waals surface area contributed by atoms with Gasteiger partial charge < -0.3 is 29.6 Å². The number of carbonyl (C=O) groups is 4. The maximum Gasteiger partial charge on any atom is 0.408 e. The van der Waals surface area contributed by atoms with Crippen LogP contribution in [0.25, 0.3) is 0 Å². The fourth-order valence-electron chi connectivity index (χ4n) is 2.07. The quantitative estimate of drug-likeness (QED) is 0.497. The molecule has 32 heavy (non-hydrogen) atoms. The molecule has 1 rings (SSSR count). The second-order valence-electron chi connectivity index (χ2n) is 9.05. The topological polar surface area (TPSA) is 129 Å². The number of hydrogen-bond donors (Lipinski definition) is 2. The number of ether oxygens (including phenoxy) is 4. The minimum absolute atomic E-state index is 0.188. The lowest BCUT2D eigenvalue weighted by molar-refractivity contribution is -0.137. The van der Waals surface area contributed by atoms with Crippen molar-refractivity contribution in [3.63, 3.8) is 0 Å². The van der Waals surface area contributed by atoms with Gasteiger partial charge in [0.2, 0.25) is 0 Å². The first-order chi connectivity index (χ1) is 14.6. The number of rotatable bonds is 6. The zero-order chi connectivity index (χ0) is 24.7. The second kappa shape index (κ2) is 10.8. The average molecular weight is 453 g/mol. The number of amides is 2. The third-order valence-electron chi connectivity index (χ3n) is 3.43. The van der Waals surface area contributed by atoms with Gasteiger partial charge in [0, 0.05) is 0 Å². The maximum absolute atomic E-state index is 12.1. The summed E-state index contributed by atoms with van der Waals surface area (Å²) in [4.78, 5) is 47.8. The summed E-state index contributed by atoms with van der Waals surface area (Å²) in [6.07, 6.45) is -1.48. The van der Waals surface area contributed by atoms with Gasteiger partial charge in [-0.1, -0.05) is 0 Å². The van der Waals surface area contributed by atoms with Crippen LogP contribution in [0.4, 0.5) is 9.59 Å². The first-order valence-corrected chi connectivity index (χ1v) is 10.1. The molecule has 0 spiro atoms. The van der Waals surface area contributed by atoms with Gasteiger partial charge >= 0.3 is 24.1 Å². The number of benzene rings is 1. The lowest BCUT2D eigenvalue weighted by atomic mass is 10.2. The molecule has 0 fully saturated rings. The zero-order valence-corrected chi connectivity index (χ0v) is 19.7. The van der Waals surface area contributed by atoms with Crippen LogP contribution in [-0.2, 0) is 19.1 Å². The van der Waals surface area contributed by atoms with Crippen LogP contribution in [0.3, 0.4) is 0 Å². The fourth-order valence-corrected chi connectivity index (χ4v) is 2.07. The van der Waals surface area contributed by atoms with E-state index in [4.69, 9.17) is 18.9 Å². The third kappa shape index (κ3) is 10.6. The fraction of sp³-hybridized carbons (Fsp3) is 0.545. The SMILES string of the molecule is CC(NC(=O)OC(C)(C)C)C(=O)Oc1ccc(OC(=O)[C@H](C)NC(=O)OC(C)(C)C)cc1. The lowest BCUT2D eigenvalue weighted by Gasteiger charge is -2.21. The minimum Gasteiger partial charge on any atom is -0.444 e. The standard InChI is InChI=1S/C22H32N2O8/c1-13(23-19(27)31-21(3,4)5)17(25)29-15-9-11-16(12-10-15)30-18(26)14(2)24-20(28)32-22(6,7)8/h9-14H,1-8H3,(H,23,27)(H,24,28)/t13-,14?/m0/s1. The summed E-state index contributed by atoms with van der Waals surface area (Å²) in [7, 11) is 0. The van der Waals surface area contributed by atoms with Crippen LogP contribution in [0.5, 0.6) is 11.5 Å². The van der Waals surface area contributed by atoms with E-state index in [2.05, 4.69) is 10.6 Å². The Morgan fingerprint density at radius 2 is 0.938 bits per heavy atom. The molecule has 1 unspecified atom stereocenters. The van der Waals surface area contributed by atoms with Crippen LogP contribution in [0, 0.1) is 0 Å². The monoisotopic (exact) mass is 452 g/mol. The molecule has 2 amide bonds. The van der Waals surface area contributed by atoms with Crippen molar-refractivity contribution in [2.24, 2.45) is 0 Å². The molecular formula is C22H32N2O8. The van der Waals surface area contributed by atoms with Gasteiger partial charge in [0.05, 0.1) is 0 Å². The van der Waals surface area contributed by atoms with Crippen molar-refractivity contribution in [2.45, 2.75) is 78.7 Å². The summed E-state index contributed by atoms with van der Waals surface area (Å²) in [5.41, 5.74) is -1.39. The highest BCUT2D eigenvalue weighted by Crippen LogP contribution is 2.19. The van der Waals surface area contributed by atoms with Crippen LogP contribution in [-0.4, -0.2) is 47.4 Å². The Morgan fingerprint density at radius 1 is 0.656 bits per heavy atom. The van der Waals surface area contributed by atoms with E-state index >= 15 is 0 Å². The van der Waals surface area contributed by atoms with E-state index in [0.29, 0.717) is 0 Å². The molecular weight excluding hydrogens is 420 g/mol. The molecule has 1 aromatic carbocycles. The van der Waals surface area contributed by atoms with E-state index in [0.717, 1.165) is 0 Å². The molecule has 0 aliphatic carbocycles. The van der Waals surface area contributed by atoms with Crippen molar-refractivity contribution in [3.8, 4) is 11.5 Å². The molecule has 2 N–H and O–H groups in total. The number of nitrogens with one attached hydrogen (secondary N) is 2. The van der Waals surface area contributed by atoms with Gasteiger partial charge in [-0.3, -0.25) is 0 Å². The average Bonchev–Trinajstić information content (AvgIpc) is 2.59. The summed E-state index contributed by atoms with van der Waals surface area (Å²) < 4.78 is 20.6. The second-order valence-corrected chi connectivity index (χ2v) is 9.05. The molecule has 10 nitrogen and oxygen atoms in total. The number of carbonyl (C=O) groups excluding carboxylic acids is 4. The highest BCUT2D eigenvalue weighted by Gasteiger charge is 2.24. The normalized spacial score (nSPS) is 13.2. The van der Waals surface area contributed by atoms with Crippen molar-refractivity contribution >= 4 is 24.1 Å². The molecule has 0 heterocycles. The molecule has 178 valence electrons. The van der Waals surface area contributed by atoms with Crippen LogP contribution >= 0.6 is 0 Å². The number of alkyl carbamates (subject to hydrolysis) is 2. The Balaban J connectivity index is 2.56. The maximum atomic E-state index is 12.1. The third-order valence-corrected chi connectivity index (χ3v) is 3.43. The van der Waals surface area contributed by atoms with Gasteiger partial charge in [0.25, 0.3) is 0 Å². The van der Waals surface area contributed by atoms with Crippen molar-refractivity contribution in [3.05, 3.63) is 24.3 Å². The zero-order valence-electron chi connectivity index (χ0n) is 19.7. The Labute approximate surface area is 187 Å². The molecule has 1 aromatic rings. The van der Waals surface area contributed by atoms with Gasteiger partial charge in [-0.15, -0.1) is 0 Å². The van der Waals surface area contributed by atoms with Crippen molar-refractivity contribution < 1.29 is 38.1 Å². The molecule has 0 saturated carbocycles. The van der Waals surface area contributed by atoms with Crippen molar-refractivity contribution in [1.82, 2.24) is 10.6 Å². The Hall–Kier alpha value is -3.30. The van der Waals surface area contributed by atoms with E-state index in [1.807, 2.05) is 0 Å². The summed E-state index contributed by atoms with van der Waals surface area (Å²) in [6.45, 7) is 13.2. The van der Waals surface area contributed by atoms with Crippen LogP contribution in [0.1, 0.15) is 55.4 Å². The summed E-state index contributed by atoms with van der Waals surface area (Å²) in [5.74, 6) is -1.02. The molecule has 0 aliphatic heterocycles. The first kappa shape index (κ1) is 26.7. The highest BCUT2D eigenvalue weighted by molar-refractivity contribution is 5.83. The molecule has 0 aliphatic rings. The van der Waals surface area contributed by atoms with Gasteiger partial charge in [-0.25, -0.2) is 19.2 Å². The molecule has 0 bridgehead atoms. The lowest BCUT2D eigenvalue weighted by Crippen LogP contribution is -2.43. The molecule has 0 aromatic heterocycles. The predicted octanol–water partition coefficient (Wildman–Crippen LogP) is 3.32. The Bertz CT molecular complexity index is 753. The molecule has 0 radical (unpaired) electrons. The summed E-state index contributed by atoms with van der Waals surface area (Å²) in [5, 5.41) is 4.77. The predicted molar refractivity (Wildman–Crippen MR) is 115 cm³/mol. The van der Waals surface area contributed by atoms with Crippen molar-refractivity contribution in [2.75, 3.05) is 0 Å². The van der Waals surface area contributed by atoms with Crippen LogP contribution < -0.4 is 20.1 Å². The van der Waals surface area contributed by atoms with Crippen molar-refractivity contribution in [1.29, 1.82) is 0 Å². The van der Waals surface area contributed by atoms with Gasteiger partial charge in [-0.05, 0) is 79.7 Å². The Morgan fingerprint density at radius 3 is 1.19 bits per heavy atom. The first-order valence-electron chi connectivity index (χ1n) is 10.1. The van der Waals surface area contributed by atoms with Gasteiger partial charge in [0.15, 0.2) is 0 Å². The van der Waals surface area contributed by atoms with E-state index in [-0.39, 0.29) is 11.5 Å². The van der Waals surface area contributed by atoms with Gasteiger partial charge in [0.1, 0.15) is 34.8 Å². The van der Waals surface area contributed by atoms with E-state index in [1.54, 1.807) is 41.5 Å². The smallest absolute Gasteiger partial charge is 0.408 e. The molecule has 10 heteroatoms. The van der Waals surface area contributed by atoms with Crippen LogP contribution in [0.2, 0.25) is 0 Å². The highest BCUT2D eigenvalue weighted by atomic mass is 16.6. The summed E-state index contributed by atoms with van der Waals surface area (Å²) in [6, 6.07) is 3.81. The van der Waals surface area contributed by atoms with Crippen LogP contribution in [0.15, 0.2) is 24.3 Å². The Kier molecular flexibility index (Phi) is 9.05.